The van der Waals surface area contributed by atoms with Crippen molar-refractivity contribution in [3.63, 3.8) is 0 Å². The lowest BCUT2D eigenvalue weighted by Crippen LogP contribution is -2.36. The van der Waals surface area contributed by atoms with Gasteiger partial charge < -0.3 is 14.6 Å². The zero-order valence-corrected chi connectivity index (χ0v) is 11.6. The molecule has 2 aliphatic heterocycles. The fourth-order valence-electron chi connectivity index (χ4n) is 3.06. The van der Waals surface area contributed by atoms with Crippen molar-refractivity contribution in [1.82, 2.24) is 20.4 Å². The third kappa shape index (κ3) is 2.90. The van der Waals surface area contributed by atoms with E-state index in [9.17, 15) is 0 Å². The quantitative estimate of drug-likeness (QED) is 0.871. The van der Waals surface area contributed by atoms with Gasteiger partial charge in [-0.1, -0.05) is 12.0 Å². The summed E-state index contributed by atoms with van der Waals surface area (Å²) in [6.07, 6.45) is 3.81. The number of nitrogens with one attached hydrogen (secondary N) is 1. The minimum Gasteiger partial charge on any atom is -0.407 e. The van der Waals surface area contributed by atoms with E-state index in [1.807, 2.05) is 0 Å². The summed E-state index contributed by atoms with van der Waals surface area (Å²) in [6, 6.07) is 1.37. The van der Waals surface area contributed by atoms with Crippen molar-refractivity contribution < 1.29 is 4.42 Å². The van der Waals surface area contributed by atoms with Gasteiger partial charge in [-0.2, -0.15) is 0 Å². The van der Waals surface area contributed by atoms with Gasteiger partial charge in [-0.05, 0) is 32.4 Å². The molecule has 1 aromatic heterocycles. The molecule has 2 fully saturated rings. The van der Waals surface area contributed by atoms with Crippen molar-refractivity contribution in [1.29, 1.82) is 0 Å². The maximum atomic E-state index is 5.75. The molecule has 1 unspecified atom stereocenters. The fourth-order valence-corrected chi connectivity index (χ4v) is 3.06. The van der Waals surface area contributed by atoms with Crippen molar-refractivity contribution in [3.05, 3.63) is 5.89 Å². The summed E-state index contributed by atoms with van der Waals surface area (Å²) in [5, 5.41) is 11.5. The maximum Gasteiger partial charge on any atom is 0.318 e. The van der Waals surface area contributed by atoms with Gasteiger partial charge in [-0.25, -0.2) is 0 Å². The van der Waals surface area contributed by atoms with E-state index in [1.165, 1.54) is 32.4 Å². The van der Waals surface area contributed by atoms with Crippen LogP contribution in [0, 0.1) is 0 Å². The zero-order valence-electron chi connectivity index (χ0n) is 11.6. The average Bonchev–Trinajstić information content (AvgIpc) is 3.02. The molecule has 0 saturated carbocycles. The summed E-state index contributed by atoms with van der Waals surface area (Å²) in [4.78, 5) is 4.87. The normalized spacial score (nSPS) is 24.5. The van der Waals surface area contributed by atoms with Crippen LogP contribution in [-0.2, 0) is 6.54 Å². The molecular weight excluding hydrogens is 242 g/mol. The van der Waals surface area contributed by atoms with Crippen molar-refractivity contribution in [2.75, 3.05) is 37.6 Å². The van der Waals surface area contributed by atoms with Crippen LogP contribution < -0.4 is 10.2 Å². The fraction of sp³-hybridized carbons (Fsp3) is 0.846. The van der Waals surface area contributed by atoms with Crippen molar-refractivity contribution >= 4 is 6.01 Å². The third-order valence-electron chi connectivity index (χ3n) is 4.06. The molecule has 0 aromatic carbocycles. The Morgan fingerprint density at radius 3 is 3.05 bits per heavy atom. The number of hydrogen-bond acceptors (Lipinski definition) is 6. The molecule has 106 valence electrons. The first-order chi connectivity index (χ1) is 9.36. The molecule has 6 heteroatoms. The molecule has 0 spiro atoms. The molecule has 0 radical (unpaired) electrons. The van der Waals surface area contributed by atoms with Gasteiger partial charge in [0.25, 0.3) is 0 Å². The van der Waals surface area contributed by atoms with Crippen LogP contribution in [0.5, 0.6) is 0 Å². The standard InChI is InChI=1S/C13H23N5O/c1-2-14-9-12-15-16-13(19-12)18-8-4-7-17-6-3-5-11(17)10-18/h11,14H,2-10H2,1H3. The lowest BCUT2D eigenvalue weighted by molar-refractivity contribution is 0.272. The second-order valence-corrected chi connectivity index (χ2v) is 5.39. The molecule has 2 saturated heterocycles. The van der Waals surface area contributed by atoms with Crippen molar-refractivity contribution in [3.8, 4) is 0 Å². The minimum atomic E-state index is 0.660. The van der Waals surface area contributed by atoms with E-state index >= 15 is 0 Å². The Bertz CT molecular complexity index is 407. The Kier molecular flexibility index (Phi) is 3.98. The Labute approximate surface area is 114 Å². The van der Waals surface area contributed by atoms with Crippen molar-refractivity contribution in [2.24, 2.45) is 0 Å². The number of aromatic nitrogens is 2. The number of nitrogens with zero attached hydrogens (tertiary/aromatic N) is 4. The maximum absolute atomic E-state index is 5.75. The number of fused-ring (bicyclic) bond motifs is 1. The van der Waals surface area contributed by atoms with Crippen LogP contribution in [0.15, 0.2) is 4.42 Å². The van der Waals surface area contributed by atoms with Crippen LogP contribution >= 0.6 is 0 Å². The zero-order chi connectivity index (χ0) is 13.1. The molecular formula is C13H23N5O. The van der Waals surface area contributed by atoms with Crippen LogP contribution in [0.4, 0.5) is 6.01 Å². The second kappa shape index (κ2) is 5.88. The van der Waals surface area contributed by atoms with Crippen molar-refractivity contribution in [2.45, 2.75) is 38.8 Å². The minimum absolute atomic E-state index is 0.660. The van der Waals surface area contributed by atoms with Gasteiger partial charge in [0, 0.05) is 25.7 Å². The summed E-state index contributed by atoms with van der Waals surface area (Å²) >= 11 is 0. The smallest absolute Gasteiger partial charge is 0.318 e. The van der Waals surface area contributed by atoms with Gasteiger partial charge in [-0.15, -0.1) is 5.10 Å². The third-order valence-corrected chi connectivity index (χ3v) is 4.06. The van der Waals surface area contributed by atoms with Gasteiger partial charge in [0.05, 0.1) is 6.54 Å². The van der Waals surface area contributed by atoms with Crippen LogP contribution in [0.1, 0.15) is 32.1 Å². The summed E-state index contributed by atoms with van der Waals surface area (Å²) in [6.45, 7) is 8.17. The monoisotopic (exact) mass is 265 g/mol. The molecule has 2 aliphatic rings. The van der Waals surface area contributed by atoms with E-state index in [2.05, 4.69) is 32.2 Å². The van der Waals surface area contributed by atoms with Gasteiger partial charge in [0.1, 0.15) is 0 Å². The van der Waals surface area contributed by atoms with Gasteiger partial charge in [0.15, 0.2) is 0 Å². The van der Waals surface area contributed by atoms with E-state index in [4.69, 9.17) is 4.42 Å². The molecule has 3 heterocycles. The second-order valence-electron chi connectivity index (χ2n) is 5.39. The molecule has 3 rings (SSSR count). The molecule has 0 aliphatic carbocycles. The van der Waals surface area contributed by atoms with Crippen LogP contribution in [0.25, 0.3) is 0 Å². The number of rotatable bonds is 4. The summed E-state index contributed by atoms with van der Waals surface area (Å²) in [5.74, 6) is 0.685. The Morgan fingerprint density at radius 2 is 2.16 bits per heavy atom. The topological polar surface area (TPSA) is 57.4 Å². The molecule has 1 N–H and O–H groups in total. The highest BCUT2D eigenvalue weighted by atomic mass is 16.4. The average molecular weight is 265 g/mol. The SMILES string of the molecule is CCNCc1nnc(N2CCCN3CCCC3C2)o1. The van der Waals surface area contributed by atoms with Gasteiger partial charge >= 0.3 is 6.01 Å². The highest BCUT2D eigenvalue weighted by Crippen LogP contribution is 2.24. The number of anilines is 1. The summed E-state index contributed by atoms with van der Waals surface area (Å²) in [7, 11) is 0. The highest BCUT2D eigenvalue weighted by Gasteiger charge is 2.30. The highest BCUT2D eigenvalue weighted by molar-refractivity contribution is 5.25. The van der Waals surface area contributed by atoms with Crippen LogP contribution in [-0.4, -0.2) is 53.9 Å². The Balaban J connectivity index is 1.65. The largest absolute Gasteiger partial charge is 0.407 e. The first-order valence-corrected chi connectivity index (χ1v) is 7.39. The number of hydrogen-bond donors (Lipinski definition) is 1. The predicted octanol–water partition coefficient (Wildman–Crippen LogP) is 0.854. The van der Waals surface area contributed by atoms with E-state index in [-0.39, 0.29) is 0 Å². The first-order valence-electron chi connectivity index (χ1n) is 7.39. The lowest BCUT2D eigenvalue weighted by atomic mass is 10.2. The lowest BCUT2D eigenvalue weighted by Gasteiger charge is -2.24. The Hall–Kier alpha value is -1.14. The predicted molar refractivity (Wildman–Crippen MR) is 73.1 cm³/mol. The molecule has 1 atom stereocenters. The van der Waals surface area contributed by atoms with Gasteiger partial charge in [-0.3, -0.25) is 4.90 Å². The van der Waals surface area contributed by atoms with E-state index in [1.54, 1.807) is 0 Å². The first kappa shape index (κ1) is 12.9. The molecule has 19 heavy (non-hydrogen) atoms. The molecule has 0 bridgehead atoms. The summed E-state index contributed by atoms with van der Waals surface area (Å²) < 4.78 is 5.75. The van der Waals surface area contributed by atoms with Crippen LogP contribution in [0.3, 0.4) is 0 Å². The Morgan fingerprint density at radius 1 is 1.26 bits per heavy atom. The van der Waals surface area contributed by atoms with E-state index < -0.39 is 0 Å². The molecule has 1 aromatic rings. The van der Waals surface area contributed by atoms with E-state index in [0.29, 0.717) is 24.5 Å². The van der Waals surface area contributed by atoms with Gasteiger partial charge in [0.2, 0.25) is 5.89 Å². The van der Waals surface area contributed by atoms with E-state index in [0.717, 1.165) is 19.6 Å². The molecule has 6 nitrogen and oxygen atoms in total. The molecule has 0 amide bonds. The van der Waals surface area contributed by atoms with Crippen LogP contribution in [0.2, 0.25) is 0 Å². The summed E-state index contributed by atoms with van der Waals surface area (Å²) in [5.41, 5.74) is 0.